The van der Waals surface area contributed by atoms with E-state index in [2.05, 4.69) is 36.3 Å². The molecule has 0 aliphatic heterocycles. The van der Waals surface area contributed by atoms with E-state index in [0.717, 1.165) is 23.6 Å². The summed E-state index contributed by atoms with van der Waals surface area (Å²) in [4.78, 5) is 4.27. The molecule has 1 aromatic heterocycles. The molecule has 1 N–H and O–H groups in total. The van der Waals surface area contributed by atoms with Crippen LogP contribution in [-0.4, -0.2) is 12.0 Å². The van der Waals surface area contributed by atoms with Crippen molar-refractivity contribution >= 4 is 5.82 Å². The second-order valence-corrected chi connectivity index (χ2v) is 4.93. The average molecular weight is 270 g/mol. The smallest absolute Gasteiger partial charge is 0.132 e. The summed E-state index contributed by atoms with van der Waals surface area (Å²) in [5, 5.41) is 3.07. The highest BCUT2D eigenvalue weighted by molar-refractivity contribution is 5.42. The van der Waals surface area contributed by atoms with Gasteiger partial charge in [0.05, 0.1) is 0 Å². The molecular weight excluding hydrogens is 248 g/mol. The largest absolute Gasteiger partial charge is 0.489 e. The summed E-state index contributed by atoms with van der Waals surface area (Å²) in [5.74, 6) is 2.35. The fourth-order valence-corrected chi connectivity index (χ4v) is 2.07. The van der Waals surface area contributed by atoms with Gasteiger partial charge in [-0.05, 0) is 36.1 Å². The molecule has 0 saturated carbocycles. The van der Waals surface area contributed by atoms with Crippen molar-refractivity contribution < 1.29 is 4.74 Å². The molecule has 106 valence electrons. The molecule has 0 aliphatic carbocycles. The van der Waals surface area contributed by atoms with Crippen LogP contribution >= 0.6 is 0 Å². The molecule has 0 fully saturated rings. The van der Waals surface area contributed by atoms with Crippen molar-refractivity contribution in [3.8, 4) is 5.75 Å². The van der Waals surface area contributed by atoms with E-state index in [1.807, 2.05) is 31.3 Å². The first-order valence-corrected chi connectivity index (χ1v) is 7.09. The van der Waals surface area contributed by atoms with Crippen molar-refractivity contribution in [2.45, 2.75) is 32.8 Å². The highest BCUT2D eigenvalue weighted by Gasteiger charge is 2.04. The van der Waals surface area contributed by atoms with E-state index in [4.69, 9.17) is 4.74 Å². The van der Waals surface area contributed by atoms with Gasteiger partial charge in [-0.3, -0.25) is 0 Å². The van der Waals surface area contributed by atoms with Crippen LogP contribution in [0, 0.1) is 0 Å². The van der Waals surface area contributed by atoms with Gasteiger partial charge in [0.1, 0.15) is 18.2 Å². The van der Waals surface area contributed by atoms with Crippen molar-refractivity contribution in [2.75, 3.05) is 12.4 Å². The Labute approximate surface area is 121 Å². The Kier molecular flexibility index (Phi) is 4.99. The highest BCUT2D eigenvalue weighted by Crippen LogP contribution is 2.22. The number of nitrogens with zero attached hydrogens (tertiary/aromatic N) is 1. The molecule has 1 heterocycles. The van der Waals surface area contributed by atoms with Crippen LogP contribution in [0.2, 0.25) is 0 Å². The zero-order chi connectivity index (χ0) is 14.4. The Morgan fingerprint density at radius 1 is 1.20 bits per heavy atom. The molecule has 0 aliphatic rings. The number of aromatic nitrogens is 1. The SMILES string of the molecule is CCC(C)c1ccc(OCc2cccnc2NC)cc1. The summed E-state index contributed by atoms with van der Waals surface area (Å²) >= 11 is 0. The molecule has 0 spiro atoms. The van der Waals surface area contributed by atoms with Gasteiger partial charge in [-0.15, -0.1) is 0 Å². The molecule has 2 aromatic rings. The van der Waals surface area contributed by atoms with Gasteiger partial charge in [0.15, 0.2) is 0 Å². The van der Waals surface area contributed by atoms with Gasteiger partial charge >= 0.3 is 0 Å². The number of hydrogen-bond acceptors (Lipinski definition) is 3. The van der Waals surface area contributed by atoms with Gasteiger partial charge in [-0.2, -0.15) is 0 Å². The quantitative estimate of drug-likeness (QED) is 0.853. The molecule has 1 aromatic carbocycles. The summed E-state index contributed by atoms with van der Waals surface area (Å²) in [7, 11) is 1.87. The van der Waals surface area contributed by atoms with Crippen LogP contribution in [0.1, 0.15) is 37.3 Å². The number of ether oxygens (including phenoxy) is 1. The number of nitrogens with one attached hydrogen (secondary N) is 1. The van der Waals surface area contributed by atoms with Crippen LogP contribution in [0.4, 0.5) is 5.82 Å². The van der Waals surface area contributed by atoms with Gasteiger partial charge in [-0.1, -0.05) is 32.0 Å². The molecule has 1 unspecified atom stereocenters. The van der Waals surface area contributed by atoms with E-state index in [1.165, 1.54) is 5.56 Å². The zero-order valence-electron chi connectivity index (χ0n) is 12.4. The van der Waals surface area contributed by atoms with Crippen molar-refractivity contribution in [3.63, 3.8) is 0 Å². The molecule has 2 rings (SSSR count). The van der Waals surface area contributed by atoms with Gasteiger partial charge in [-0.25, -0.2) is 4.98 Å². The lowest BCUT2D eigenvalue weighted by Gasteiger charge is -2.12. The maximum Gasteiger partial charge on any atom is 0.132 e. The Bertz CT molecular complexity index is 537. The maximum atomic E-state index is 5.82. The van der Waals surface area contributed by atoms with Crippen molar-refractivity contribution in [1.29, 1.82) is 0 Å². The van der Waals surface area contributed by atoms with Gasteiger partial charge in [0, 0.05) is 18.8 Å². The second kappa shape index (κ2) is 6.94. The van der Waals surface area contributed by atoms with Gasteiger partial charge < -0.3 is 10.1 Å². The third-order valence-electron chi connectivity index (χ3n) is 3.58. The lowest BCUT2D eigenvalue weighted by Crippen LogP contribution is -2.02. The number of anilines is 1. The molecule has 0 saturated heterocycles. The van der Waals surface area contributed by atoms with E-state index in [1.54, 1.807) is 6.20 Å². The third kappa shape index (κ3) is 3.50. The predicted octanol–water partition coefficient (Wildman–Crippen LogP) is 4.22. The van der Waals surface area contributed by atoms with E-state index in [9.17, 15) is 0 Å². The molecule has 1 atom stereocenters. The van der Waals surface area contributed by atoms with E-state index in [-0.39, 0.29) is 0 Å². The van der Waals surface area contributed by atoms with Crippen LogP contribution in [0.15, 0.2) is 42.6 Å². The Balaban J connectivity index is 2.00. The van der Waals surface area contributed by atoms with Crippen molar-refractivity contribution in [3.05, 3.63) is 53.7 Å². The number of rotatable bonds is 6. The molecule has 20 heavy (non-hydrogen) atoms. The minimum absolute atomic E-state index is 0.521. The lowest BCUT2D eigenvalue weighted by molar-refractivity contribution is 0.306. The van der Waals surface area contributed by atoms with E-state index < -0.39 is 0 Å². The standard InChI is InChI=1S/C17H22N2O/c1-4-13(2)14-7-9-16(10-8-14)20-12-15-6-5-11-19-17(15)18-3/h5-11,13H,4,12H2,1-3H3,(H,18,19). The number of hydrogen-bond donors (Lipinski definition) is 1. The summed E-state index contributed by atoms with van der Waals surface area (Å²) in [6.07, 6.45) is 2.93. The Morgan fingerprint density at radius 2 is 1.95 bits per heavy atom. The molecule has 0 bridgehead atoms. The second-order valence-electron chi connectivity index (χ2n) is 4.93. The first kappa shape index (κ1) is 14.4. The zero-order valence-corrected chi connectivity index (χ0v) is 12.4. The minimum atomic E-state index is 0.521. The van der Waals surface area contributed by atoms with Gasteiger partial charge in [0.25, 0.3) is 0 Å². The van der Waals surface area contributed by atoms with Gasteiger partial charge in [0.2, 0.25) is 0 Å². The predicted molar refractivity (Wildman–Crippen MR) is 83.3 cm³/mol. The Morgan fingerprint density at radius 3 is 2.60 bits per heavy atom. The highest BCUT2D eigenvalue weighted by atomic mass is 16.5. The normalized spacial score (nSPS) is 11.9. The van der Waals surface area contributed by atoms with Crippen LogP contribution < -0.4 is 10.1 Å². The number of benzene rings is 1. The van der Waals surface area contributed by atoms with Crippen LogP contribution in [-0.2, 0) is 6.61 Å². The minimum Gasteiger partial charge on any atom is -0.489 e. The first-order valence-electron chi connectivity index (χ1n) is 7.09. The molecule has 3 nitrogen and oxygen atoms in total. The third-order valence-corrected chi connectivity index (χ3v) is 3.58. The monoisotopic (exact) mass is 270 g/mol. The first-order chi connectivity index (χ1) is 9.74. The lowest BCUT2D eigenvalue weighted by atomic mass is 9.99. The average Bonchev–Trinajstić information content (AvgIpc) is 2.53. The molecule has 0 amide bonds. The topological polar surface area (TPSA) is 34.1 Å². The number of pyridine rings is 1. The summed E-state index contributed by atoms with van der Waals surface area (Å²) < 4.78 is 5.82. The van der Waals surface area contributed by atoms with E-state index in [0.29, 0.717) is 12.5 Å². The summed E-state index contributed by atoms with van der Waals surface area (Å²) in [5.41, 5.74) is 2.41. The summed E-state index contributed by atoms with van der Waals surface area (Å²) in [6.45, 7) is 4.97. The van der Waals surface area contributed by atoms with Crippen LogP contribution in [0.3, 0.4) is 0 Å². The summed E-state index contributed by atoms with van der Waals surface area (Å²) in [6, 6.07) is 12.3. The van der Waals surface area contributed by atoms with Crippen LogP contribution in [0.25, 0.3) is 0 Å². The van der Waals surface area contributed by atoms with E-state index >= 15 is 0 Å². The Hall–Kier alpha value is -2.03. The van der Waals surface area contributed by atoms with Crippen molar-refractivity contribution in [2.24, 2.45) is 0 Å². The molecule has 3 heteroatoms. The molecule has 0 radical (unpaired) electrons. The maximum absolute atomic E-state index is 5.82. The molecular formula is C17H22N2O. The van der Waals surface area contributed by atoms with Crippen LogP contribution in [0.5, 0.6) is 5.75 Å². The van der Waals surface area contributed by atoms with Crippen molar-refractivity contribution in [1.82, 2.24) is 4.98 Å². The fraction of sp³-hybridized carbons (Fsp3) is 0.353. The fourth-order valence-electron chi connectivity index (χ4n) is 2.07.